The molecule has 0 fully saturated rings. The molecule has 0 aliphatic carbocycles. The van der Waals surface area contributed by atoms with Gasteiger partial charge in [-0.05, 0) is 19.1 Å². The summed E-state index contributed by atoms with van der Waals surface area (Å²) in [5.41, 5.74) is 0.628. The van der Waals surface area contributed by atoms with Crippen molar-refractivity contribution in [2.75, 3.05) is 6.61 Å². The standard InChI is InChI=1S/C12H12N6O2/c1-8(11-15-17-18-16-11)14-12(20)10-9(5-3-7-19)4-2-6-13-10/h2,4,6,8,19H,7H2,1H3,(H,14,20)(H,15,16,17,18). The van der Waals surface area contributed by atoms with Crippen LogP contribution in [0.5, 0.6) is 0 Å². The molecule has 0 aliphatic heterocycles. The van der Waals surface area contributed by atoms with E-state index in [1.165, 1.54) is 6.20 Å². The monoisotopic (exact) mass is 272 g/mol. The lowest BCUT2D eigenvalue weighted by molar-refractivity contribution is 0.0933. The van der Waals surface area contributed by atoms with Gasteiger partial charge < -0.3 is 10.4 Å². The summed E-state index contributed by atoms with van der Waals surface area (Å²) >= 11 is 0. The highest BCUT2D eigenvalue weighted by Gasteiger charge is 2.17. The van der Waals surface area contributed by atoms with Crippen molar-refractivity contribution < 1.29 is 9.90 Å². The topological polar surface area (TPSA) is 117 Å². The van der Waals surface area contributed by atoms with Gasteiger partial charge in [0.2, 0.25) is 0 Å². The summed E-state index contributed by atoms with van der Waals surface area (Å²) in [7, 11) is 0. The molecule has 3 N–H and O–H groups in total. The molecule has 0 spiro atoms. The molecule has 2 aromatic rings. The van der Waals surface area contributed by atoms with Gasteiger partial charge >= 0.3 is 0 Å². The van der Waals surface area contributed by atoms with E-state index in [-0.39, 0.29) is 12.3 Å². The Morgan fingerprint density at radius 2 is 2.45 bits per heavy atom. The largest absolute Gasteiger partial charge is 0.384 e. The molecule has 1 unspecified atom stereocenters. The Labute approximate surface area is 114 Å². The highest BCUT2D eigenvalue weighted by Crippen LogP contribution is 2.08. The minimum Gasteiger partial charge on any atom is -0.384 e. The molecule has 102 valence electrons. The number of hydrogen-bond acceptors (Lipinski definition) is 6. The van der Waals surface area contributed by atoms with Crippen molar-refractivity contribution in [2.24, 2.45) is 0 Å². The van der Waals surface area contributed by atoms with Crippen molar-refractivity contribution in [3.8, 4) is 11.8 Å². The molecule has 2 heterocycles. The normalized spacial score (nSPS) is 11.3. The highest BCUT2D eigenvalue weighted by molar-refractivity contribution is 5.94. The first-order valence-electron chi connectivity index (χ1n) is 5.81. The second kappa shape index (κ2) is 6.40. The second-order valence-corrected chi connectivity index (χ2v) is 3.82. The number of nitrogens with one attached hydrogen (secondary N) is 2. The van der Waals surface area contributed by atoms with E-state index in [1.54, 1.807) is 19.1 Å². The Morgan fingerprint density at radius 1 is 1.60 bits per heavy atom. The Morgan fingerprint density at radius 3 is 3.15 bits per heavy atom. The summed E-state index contributed by atoms with van der Waals surface area (Å²) in [5, 5.41) is 24.7. The summed E-state index contributed by atoms with van der Waals surface area (Å²) in [4.78, 5) is 16.1. The Bertz CT molecular complexity index is 643. The van der Waals surface area contributed by atoms with Gasteiger partial charge in [0.15, 0.2) is 5.82 Å². The summed E-state index contributed by atoms with van der Waals surface area (Å²) in [5.74, 6) is 5.14. The molecule has 20 heavy (non-hydrogen) atoms. The fourth-order valence-corrected chi connectivity index (χ4v) is 1.50. The first kappa shape index (κ1) is 13.6. The zero-order chi connectivity index (χ0) is 14.4. The molecule has 8 nitrogen and oxygen atoms in total. The van der Waals surface area contributed by atoms with Gasteiger partial charge in [0.25, 0.3) is 5.91 Å². The minimum absolute atomic E-state index is 0.184. The molecule has 0 radical (unpaired) electrons. The average molecular weight is 272 g/mol. The first-order chi connectivity index (χ1) is 9.72. The van der Waals surface area contributed by atoms with Crippen molar-refractivity contribution in [3.63, 3.8) is 0 Å². The van der Waals surface area contributed by atoms with E-state index in [0.29, 0.717) is 11.4 Å². The van der Waals surface area contributed by atoms with Gasteiger partial charge in [-0.2, -0.15) is 5.21 Å². The zero-order valence-corrected chi connectivity index (χ0v) is 10.7. The van der Waals surface area contributed by atoms with E-state index in [2.05, 4.69) is 42.8 Å². The third-order valence-corrected chi connectivity index (χ3v) is 2.42. The first-order valence-corrected chi connectivity index (χ1v) is 5.81. The molecule has 2 rings (SSSR count). The van der Waals surface area contributed by atoms with Crippen LogP contribution in [0.4, 0.5) is 0 Å². The number of H-pyrrole nitrogens is 1. The highest BCUT2D eigenvalue weighted by atomic mass is 16.2. The maximum atomic E-state index is 12.1. The average Bonchev–Trinajstić information content (AvgIpc) is 2.99. The summed E-state index contributed by atoms with van der Waals surface area (Å²) in [6.07, 6.45) is 1.50. The zero-order valence-electron chi connectivity index (χ0n) is 10.7. The van der Waals surface area contributed by atoms with Crippen LogP contribution in [-0.2, 0) is 0 Å². The van der Waals surface area contributed by atoms with Crippen LogP contribution in [0.15, 0.2) is 18.3 Å². The Hall–Kier alpha value is -2.79. The molecule has 0 aromatic carbocycles. The predicted molar refractivity (Wildman–Crippen MR) is 68.3 cm³/mol. The van der Waals surface area contributed by atoms with Gasteiger partial charge in [-0.15, -0.1) is 10.2 Å². The van der Waals surface area contributed by atoms with Crippen LogP contribution in [0, 0.1) is 11.8 Å². The summed E-state index contributed by atoms with van der Waals surface area (Å²) < 4.78 is 0. The van der Waals surface area contributed by atoms with Crippen molar-refractivity contribution in [3.05, 3.63) is 35.4 Å². The van der Waals surface area contributed by atoms with Crippen LogP contribution < -0.4 is 5.32 Å². The van der Waals surface area contributed by atoms with Crippen LogP contribution in [0.1, 0.15) is 34.8 Å². The van der Waals surface area contributed by atoms with Gasteiger partial charge in [0.05, 0.1) is 11.6 Å². The molecule has 0 aliphatic rings. The number of aromatic nitrogens is 5. The van der Waals surface area contributed by atoms with Crippen molar-refractivity contribution in [1.29, 1.82) is 0 Å². The summed E-state index contributed by atoms with van der Waals surface area (Å²) in [6.45, 7) is 1.44. The van der Waals surface area contributed by atoms with Gasteiger partial charge in [-0.1, -0.05) is 17.1 Å². The molecule has 8 heteroatoms. The summed E-state index contributed by atoms with van der Waals surface area (Å²) in [6, 6.07) is 2.91. The molecule has 0 saturated carbocycles. The van der Waals surface area contributed by atoms with Crippen LogP contribution in [0.25, 0.3) is 0 Å². The molecule has 1 atom stereocenters. The molecule has 2 aromatic heterocycles. The molecule has 0 saturated heterocycles. The number of aromatic amines is 1. The quantitative estimate of drug-likeness (QED) is 0.644. The van der Waals surface area contributed by atoms with Crippen LogP contribution in [0.3, 0.4) is 0 Å². The number of tetrazole rings is 1. The SMILES string of the molecule is CC(NC(=O)c1ncccc1C#CCO)c1nn[nH]n1. The van der Waals surface area contributed by atoms with E-state index >= 15 is 0 Å². The number of hydrogen-bond donors (Lipinski definition) is 3. The number of aliphatic hydroxyl groups excluding tert-OH is 1. The van der Waals surface area contributed by atoms with Gasteiger partial charge in [0.1, 0.15) is 12.3 Å². The van der Waals surface area contributed by atoms with E-state index in [9.17, 15) is 4.79 Å². The third-order valence-electron chi connectivity index (χ3n) is 2.42. The van der Waals surface area contributed by atoms with Crippen molar-refractivity contribution >= 4 is 5.91 Å². The van der Waals surface area contributed by atoms with E-state index in [4.69, 9.17) is 5.11 Å². The Kier molecular flexibility index (Phi) is 4.36. The fourth-order valence-electron chi connectivity index (χ4n) is 1.50. The van der Waals surface area contributed by atoms with Gasteiger partial charge in [-0.25, -0.2) is 4.98 Å². The lowest BCUT2D eigenvalue weighted by Crippen LogP contribution is -2.28. The number of carbonyl (C=O) groups is 1. The minimum atomic E-state index is -0.415. The number of rotatable bonds is 3. The predicted octanol–water partition coefficient (Wildman–Crippen LogP) is -0.571. The van der Waals surface area contributed by atoms with E-state index in [0.717, 1.165) is 0 Å². The number of carbonyl (C=O) groups excluding carboxylic acids is 1. The maximum absolute atomic E-state index is 12.1. The van der Waals surface area contributed by atoms with Crippen LogP contribution in [0.2, 0.25) is 0 Å². The number of pyridine rings is 1. The third kappa shape index (κ3) is 3.15. The lowest BCUT2D eigenvalue weighted by atomic mass is 10.1. The molecule has 0 bridgehead atoms. The maximum Gasteiger partial charge on any atom is 0.271 e. The number of nitrogens with zero attached hydrogens (tertiary/aromatic N) is 4. The van der Waals surface area contributed by atoms with Crippen LogP contribution >= 0.6 is 0 Å². The van der Waals surface area contributed by atoms with Crippen molar-refractivity contribution in [2.45, 2.75) is 13.0 Å². The lowest BCUT2D eigenvalue weighted by Gasteiger charge is -2.10. The molecular weight excluding hydrogens is 260 g/mol. The second-order valence-electron chi connectivity index (χ2n) is 3.82. The molecule has 1 amide bonds. The van der Waals surface area contributed by atoms with E-state index in [1.807, 2.05) is 0 Å². The van der Waals surface area contributed by atoms with Gasteiger partial charge in [-0.3, -0.25) is 4.79 Å². The Balaban J connectivity index is 2.17. The number of amides is 1. The van der Waals surface area contributed by atoms with E-state index < -0.39 is 11.9 Å². The molecular formula is C12H12N6O2. The smallest absolute Gasteiger partial charge is 0.271 e. The fraction of sp³-hybridized carbons (Fsp3) is 0.250. The van der Waals surface area contributed by atoms with Crippen LogP contribution in [-0.4, -0.2) is 43.2 Å². The van der Waals surface area contributed by atoms with Gasteiger partial charge in [0, 0.05) is 6.20 Å². The number of aliphatic hydroxyl groups is 1. The van der Waals surface area contributed by atoms with Crippen molar-refractivity contribution in [1.82, 2.24) is 30.9 Å².